The topological polar surface area (TPSA) is 97.0 Å². The molecule has 0 bridgehead atoms. The Morgan fingerprint density at radius 2 is 1.94 bits per heavy atom. The Labute approximate surface area is 193 Å². The van der Waals surface area contributed by atoms with E-state index in [1.165, 1.54) is 0 Å². The van der Waals surface area contributed by atoms with Gasteiger partial charge in [-0.2, -0.15) is 0 Å². The average Bonchev–Trinajstić information content (AvgIpc) is 3.48. The van der Waals surface area contributed by atoms with Crippen LogP contribution in [0.15, 0.2) is 48.5 Å². The summed E-state index contributed by atoms with van der Waals surface area (Å²) in [5.41, 5.74) is 1.54. The lowest BCUT2D eigenvalue weighted by Gasteiger charge is -2.18. The summed E-state index contributed by atoms with van der Waals surface area (Å²) in [4.78, 5) is 39.8. The number of benzene rings is 2. The van der Waals surface area contributed by atoms with Gasteiger partial charge in [-0.05, 0) is 56.2 Å². The first kappa shape index (κ1) is 22.8. The number of carbonyl (C=O) groups is 3. The molecule has 2 N–H and O–H groups in total. The van der Waals surface area contributed by atoms with Gasteiger partial charge in [0.2, 0.25) is 11.8 Å². The molecule has 2 unspecified atom stereocenters. The Bertz CT molecular complexity index is 1000. The molecule has 0 radical (unpaired) electrons. The quantitative estimate of drug-likeness (QED) is 0.643. The van der Waals surface area contributed by atoms with Gasteiger partial charge in [-0.15, -0.1) is 0 Å². The molecule has 2 atom stereocenters. The van der Waals surface area contributed by atoms with E-state index in [1.807, 2.05) is 31.2 Å². The molecule has 8 heteroatoms. The Morgan fingerprint density at radius 3 is 2.67 bits per heavy atom. The van der Waals surface area contributed by atoms with Crippen LogP contribution in [0.5, 0.6) is 5.75 Å². The van der Waals surface area contributed by atoms with Crippen LogP contribution in [0.4, 0.5) is 11.4 Å². The minimum atomic E-state index is -0.507. The Morgan fingerprint density at radius 1 is 1.15 bits per heavy atom. The predicted octanol–water partition coefficient (Wildman–Crippen LogP) is 2.99. The number of nitrogens with one attached hydrogen (secondary N) is 2. The minimum absolute atomic E-state index is 0.0359. The number of carbonyl (C=O) groups excluding carboxylic acids is 3. The van der Waals surface area contributed by atoms with Crippen molar-refractivity contribution in [2.45, 2.75) is 32.3 Å². The average molecular weight is 452 g/mol. The van der Waals surface area contributed by atoms with Gasteiger partial charge < -0.3 is 25.0 Å². The Balaban J connectivity index is 1.38. The second-order valence-electron chi connectivity index (χ2n) is 8.21. The highest BCUT2D eigenvalue weighted by Crippen LogP contribution is 2.28. The van der Waals surface area contributed by atoms with Gasteiger partial charge >= 0.3 is 0 Å². The summed E-state index contributed by atoms with van der Waals surface area (Å²) < 4.78 is 11.0. The number of para-hydroxylation sites is 1. The zero-order valence-corrected chi connectivity index (χ0v) is 18.7. The third-order valence-electron chi connectivity index (χ3n) is 5.90. The van der Waals surface area contributed by atoms with Crippen molar-refractivity contribution in [2.24, 2.45) is 5.92 Å². The third kappa shape index (κ3) is 5.51. The van der Waals surface area contributed by atoms with Crippen LogP contribution in [0.25, 0.3) is 0 Å². The number of amides is 3. The molecule has 3 amide bonds. The number of rotatable bonds is 8. The van der Waals surface area contributed by atoms with Crippen LogP contribution >= 0.6 is 0 Å². The first-order chi connectivity index (χ1) is 16.0. The number of nitrogens with zero attached hydrogens (tertiary/aromatic N) is 1. The molecule has 8 nitrogen and oxygen atoms in total. The summed E-state index contributed by atoms with van der Waals surface area (Å²) in [7, 11) is 0. The lowest BCUT2D eigenvalue weighted by molar-refractivity contribution is -0.122. The normalized spacial score (nSPS) is 20.0. The molecule has 0 saturated carbocycles. The third-order valence-corrected chi connectivity index (χ3v) is 5.90. The van der Waals surface area contributed by atoms with E-state index in [9.17, 15) is 14.4 Å². The Kier molecular flexibility index (Phi) is 7.24. The number of hydrogen-bond donors (Lipinski definition) is 2. The minimum Gasteiger partial charge on any atom is -0.494 e. The second-order valence-corrected chi connectivity index (χ2v) is 8.21. The molecule has 174 valence electrons. The van der Waals surface area contributed by atoms with E-state index in [0.717, 1.165) is 30.9 Å². The zero-order chi connectivity index (χ0) is 23.2. The highest BCUT2D eigenvalue weighted by atomic mass is 16.5. The predicted molar refractivity (Wildman–Crippen MR) is 124 cm³/mol. The molecule has 2 aromatic rings. The SMILES string of the molecule is CCOc1ccc(N2CC(C(=O)Nc3ccccc3C(=O)NCC3CCCO3)CC2=O)cc1. The number of hydrogen-bond acceptors (Lipinski definition) is 5. The van der Waals surface area contributed by atoms with Crippen LogP contribution < -0.4 is 20.3 Å². The first-order valence-electron chi connectivity index (χ1n) is 11.4. The van der Waals surface area contributed by atoms with Crippen molar-refractivity contribution in [1.29, 1.82) is 0 Å². The molecule has 2 aliphatic heterocycles. The zero-order valence-electron chi connectivity index (χ0n) is 18.7. The maximum absolute atomic E-state index is 13.0. The van der Waals surface area contributed by atoms with E-state index in [-0.39, 0.29) is 36.8 Å². The highest BCUT2D eigenvalue weighted by molar-refractivity contribution is 6.07. The summed E-state index contributed by atoms with van der Waals surface area (Å²) in [6, 6.07) is 14.1. The van der Waals surface area contributed by atoms with Crippen LogP contribution in [0, 0.1) is 5.92 Å². The van der Waals surface area contributed by atoms with E-state index in [2.05, 4.69) is 10.6 Å². The highest BCUT2D eigenvalue weighted by Gasteiger charge is 2.35. The second kappa shape index (κ2) is 10.5. The molecule has 4 rings (SSSR count). The lowest BCUT2D eigenvalue weighted by atomic mass is 10.1. The molecular formula is C25H29N3O5. The lowest BCUT2D eigenvalue weighted by Crippen LogP contribution is -2.33. The summed E-state index contributed by atoms with van der Waals surface area (Å²) in [6.45, 7) is 3.92. The van der Waals surface area contributed by atoms with E-state index in [1.54, 1.807) is 29.2 Å². The fourth-order valence-electron chi connectivity index (χ4n) is 4.15. The number of anilines is 2. The molecule has 0 aliphatic carbocycles. The molecule has 0 spiro atoms. The number of ether oxygens (including phenoxy) is 2. The molecule has 2 aliphatic rings. The standard InChI is InChI=1S/C25H29N3O5/c1-2-32-19-11-9-18(10-12-19)28-16-17(14-23(28)29)24(30)27-22-8-4-3-7-21(22)25(31)26-15-20-6-5-13-33-20/h3-4,7-12,17,20H,2,5-6,13-16H2,1H3,(H,26,31)(H,27,30). The fourth-order valence-corrected chi connectivity index (χ4v) is 4.15. The van der Waals surface area contributed by atoms with Gasteiger partial charge in [0.15, 0.2) is 0 Å². The van der Waals surface area contributed by atoms with Gasteiger partial charge in [0.1, 0.15) is 5.75 Å². The Hall–Kier alpha value is -3.39. The largest absolute Gasteiger partial charge is 0.494 e. The molecule has 2 heterocycles. The van der Waals surface area contributed by atoms with E-state index in [0.29, 0.717) is 24.4 Å². The monoisotopic (exact) mass is 451 g/mol. The summed E-state index contributed by atoms with van der Waals surface area (Å²) >= 11 is 0. The molecule has 2 fully saturated rings. The van der Waals surface area contributed by atoms with Crippen molar-refractivity contribution in [2.75, 3.05) is 36.5 Å². The molecule has 2 aromatic carbocycles. The van der Waals surface area contributed by atoms with Crippen molar-refractivity contribution < 1.29 is 23.9 Å². The molecule has 33 heavy (non-hydrogen) atoms. The van der Waals surface area contributed by atoms with E-state index >= 15 is 0 Å². The van der Waals surface area contributed by atoms with Gasteiger partial charge in [-0.25, -0.2) is 0 Å². The van der Waals surface area contributed by atoms with Crippen molar-refractivity contribution in [3.63, 3.8) is 0 Å². The maximum Gasteiger partial charge on any atom is 0.253 e. The first-order valence-corrected chi connectivity index (χ1v) is 11.4. The van der Waals surface area contributed by atoms with Gasteiger partial charge in [0, 0.05) is 31.8 Å². The fraction of sp³-hybridized carbons (Fsp3) is 0.400. The van der Waals surface area contributed by atoms with Crippen LogP contribution in [-0.4, -0.2) is 50.1 Å². The molecular weight excluding hydrogens is 422 g/mol. The van der Waals surface area contributed by atoms with Gasteiger partial charge in [0.05, 0.1) is 29.9 Å². The summed E-state index contributed by atoms with van der Waals surface area (Å²) in [5.74, 6) is -0.429. The van der Waals surface area contributed by atoms with Crippen molar-refractivity contribution in [3.8, 4) is 5.75 Å². The van der Waals surface area contributed by atoms with Crippen LogP contribution in [0.3, 0.4) is 0 Å². The molecule has 0 aromatic heterocycles. The van der Waals surface area contributed by atoms with Gasteiger partial charge in [-0.1, -0.05) is 12.1 Å². The van der Waals surface area contributed by atoms with Gasteiger partial charge in [-0.3, -0.25) is 14.4 Å². The maximum atomic E-state index is 13.0. The summed E-state index contributed by atoms with van der Waals surface area (Å²) in [5, 5.41) is 5.74. The van der Waals surface area contributed by atoms with E-state index in [4.69, 9.17) is 9.47 Å². The van der Waals surface area contributed by atoms with Gasteiger partial charge in [0.25, 0.3) is 5.91 Å². The van der Waals surface area contributed by atoms with Crippen molar-refractivity contribution >= 4 is 29.1 Å². The van der Waals surface area contributed by atoms with E-state index < -0.39 is 5.92 Å². The molecule has 2 saturated heterocycles. The van der Waals surface area contributed by atoms with Crippen LogP contribution in [-0.2, 0) is 14.3 Å². The summed E-state index contributed by atoms with van der Waals surface area (Å²) in [6.07, 6.45) is 2.08. The van der Waals surface area contributed by atoms with Crippen molar-refractivity contribution in [1.82, 2.24) is 5.32 Å². The smallest absolute Gasteiger partial charge is 0.253 e. The van der Waals surface area contributed by atoms with Crippen molar-refractivity contribution in [3.05, 3.63) is 54.1 Å². The van der Waals surface area contributed by atoms with Crippen LogP contribution in [0.1, 0.15) is 36.5 Å². The van der Waals surface area contributed by atoms with Crippen LogP contribution in [0.2, 0.25) is 0 Å².